The second-order valence-electron chi connectivity index (χ2n) is 3.32. The summed E-state index contributed by atoms with van der Waals surface area (Å²) in [5.41, 5.74) is 10.8. The second-order valence-corrected chi connectivity index (χ2v) is 3.76. The Kier molecular flexibility index (Phi) is 4.45. The van der Waals surface area contributed by atoms with Crippen LogP contribution in [0.3, 0.4) is 0 Å². The Labute approximate surface area is 92.2 Å². The highest BCUT2D eigenvalue weighted by atomic mass is 35.5. The van der Waals surface area contributed by atoms with Gasteiger partial charge in [-0.25, -0.2) is 8.78 Å². The van der Waals surface area contributed by atoms with Crippen LogP contribution in [0.15, 0.2) is 12.1 Å². The minimum atomic E-state index is -0.704. The standard InChI is InChI=1S/C10H13ClF2N2/c11-6-4-7(12)10(8(13)5-6)9(15)2-1-3-14/h4-5,9H,1-3,14-15H2/t9-/m1/s1. The maximum Gasteiger partial charge on any atom is 0.132 e. The number of hydrogen-bond acceptors (Lipinski definition) is 2. The summed E-state index contributed by atoms with van der Waals surface area (Å²) < 4.78 is 26.7. The van der Waals surface area contributed by atoms with Crippen LogP contribution in [0.25, 0.3) is 0 Å². The van der Waals surface area contributed by atoms with Crippen molar-refractivity contribution in [2.45, 2.75) is 18.9 Å². The molecule has 0 aliphatic rings. The first-order chi connectivity index (χ1) is 7.06. The summed E-state index contributed by atoms with van der Waals surface area (Å²) in [4.78, 5) is 0. The molecule has 0 aliphatic carbocycles. The summed E-state index contributed by atoms with van der Waals surface area (Å²) in [6, 6.07) is 1.44. The van der Waals surface area contributed by atoms with Crippen molar-refractivity contribution in [3.8, 4) is 0 Å². The molecule has 2 nitrogen and oxygen atoms in total. The van der Waals surface area contributed by atoms with Crippen molar-refractivity contribution in [3.05, 3.63) is 34.4 Å². The van der Waals surface area contributed by atoms with Gasteiger partial charge in [0.2, 0.25) is 0 Å². The number of rotatable bonds is 4. The quantitative estimate of drug-likeness (QED) is 0.840. The van der Waals surface area contributed by atoms with Crippen LogP contribution in [-0.4, -0.2) is 6.54 Å². The molecule has 84 valence electrons. The molecule has 5 heteroatoms. The van der Waals surface area contributed by atoms with Gasteiger partial charge in [0, 0.05) is 16.6 Å². The summed E-state index contributed by atoms with van der Waals surface area (Å²) >= 11 is 5.49. The van der Waals surface area contributed by atoms with Crippen LogP contribution >= 0.6 is 11.6 Å². The van der Waals surface area contributed by atoms with E-state index in [-0.39, 0.29) is 10.6 Å². The molecule has 0 saturated carbocycles. The molecule has 1 aromatic carbocycles. The lowest BCUT2D eigenvalue weighted by Crippen LogP contribution is -2.16. The van der Waals surface area contributed by atoms with Gasteiger partial charge in [-0.15, -0.1) is 0 Å². The first kappa shape index (κ1) is 12.4. The van der Waals surface area contributed by atoms with Crippen LogP contribution in [0.4, 0.5) is 8.78 Å². The van der Waals surface area contributed by atoms with E-state index in [0.717, 1.165) is 12.1 Å². The third-order valence-corrected chi connectivity index (χ3v) is 2.35. The zero-order valence-electron chi connectivity index (χ0n) is 8.14. The smallest absolute Gasteiger partial charge is 0.132 e. The monoisotopic (exact) mass is 234 g/mol. The van der Waals surface area contributed by atoms with Crippen LogP contribution < -0.4 is 11.5 Å². The highest BCUT2D eigenvalue weighted by Crippen LogP contribution is 2.25. The molecule has 1 atom stereocenters. The van der Waals surface area contributed by atoms with Crippen LogP contribution in [0.2, 0.25) is 5.02 Å². The van der Waals surface area contributed by atoms with E-state index in [4.69, 9.17) is 23.1 Å². The minimum Gasteiger partial charge on any atom is -0.330 e. The summed E-state index contributed by atoms with van der Waals surface area (Å²) in [5.74, 6) is -1.41. The van der Waals surface area contributed by atoms with E-state index in [2.05, 4.69) is 0 Å². The molecule has 0 saturated heterocycles. The third-order valence-electron chi connectivity index (χ3n) is 2.13. The normalized spacial score (nSPS) is 12.9. The lowest BCUT2D eigenvalue weighted by molar-refractivity contribution is 0.506. The van der Waals surface area contributed by atoms with Gasteiger partial charge >= 0.3 is 0 Å². The van der Waals surface area contributed by atoms with Crippen LogP contribution in [0.5, 0.6) is 0 Å². The van der Waals surface area contributed by atoms with Crippen LogP contribution in [0, 0.1) is 11.6 Å². The first-order valence-corrected chi connectivity index (χ1v) is 5.04. The third kappa shape index (κ3) is 3.12. The van der Waals surface area contributed by atoms with Gasteiger partial charge < -0.3 is 11.5 Å². The minimum absolute atomic E-state index is 0.0276. The molecule has 1 rings (SSSR count). The van der Waals surface area contributed by atoms with Gasteiger partial charge in [-0.05, 0) is 31.5 Å². The molecule has 0 aromatic heterocycles. The Morgan fingerprint density at radius 2 is 1.80 bits per heavy atom. The first-order valence-electron chi connectivity index (χ1n) is 4.66. The molecule has 0 fully saturated rings. The Hall–Kier alpha value is -0.710. The molecule has 0 aliphatic heterocycles. The number of nitrogens with two attached hydrogens (primary N) is 2. The lowest BCUT2D eigenvalue weighted by Gasteiger charge is -2.13. The summed E-state index contributed by atoms with van der Waals surface area (Å²) in [6.45, 7) is 0.449. The Morgan fingerprint density at radius 1 is 1.27 bits per heavy atom. The predicted octanol–water partition coefficient (Wildman–Crippen LogP) is 2.36. The van der Waals surface area contributed by atoms with E-state index in [1.807, 2.05) is 0 Å². The molecular formula is C10H13ClF2N2. The number of benzene rings is 1. The Bertz CT molecular complexity index is 321. The maximum atomic E-state index is 13.4. The van der Waals surface area contributed by atoms with Gasteiger partial charge in [-0.1, -0.05) is 11.6 Å². The number of halogens is 3. The van der Waals surface area contributed by atoms with Gasteiger partial charge in [0.1, 0.15) is 11.6 Å². The molecule has 4 N–H and O–H groups in total. The number of hydrogen-bond donors (Lipinski definition) is 2. The van der Waals surface area contributed by atoms with Gasteiger partial charge in [0.05, 0.1) is 0 Å². The van der Waals surface area contributed by atoms with Crippen LogP contribution in [-0.2, 0) is 0 Å². The van der Waals surface area contributed by atoms with Crippen molar-refractivity contribution < 1.29 is 8.78 Å². The van der Waals surface area contributed by atoms with E-state index < -0.39 is 17.7 Å². The average molecular weight is 235 g/mol. The molecule has 0 radical (unpaired) electrons. The molecule has 15 heavy (non-hydrogen) atoms. The van der Waals surface area contributed by atoms with E-state index in [0.29, 0.717) is 19.4 Å². The van der Waals surface area contributed by atoms with E-state index in [9.17, 15) is 8.78 Å². The van der Waals surface area contributed by atoms with Crippen molar-refractivity contribution in [2.75, 3.05) is 6.54 Å². The van der Waals surface area contributed by atoms with Crippen molar-refractivity contribution in [1.29, 1.82) is 0 Å². The summed E-state index contributed by atoms with van der Waals surface area (Å²) in [6.07, 6.45) is 1.08. The summed E-state index contributed by atoms with van der Waals surface area (Å²) in [7, 11) is 0. The van der Waals surface area contributed by atoms with Crippen LogP contribution in [0.1, 0.15) is 24.4 Å². The average Bonchev–Trinajstić information content (AvgIpc) is 2.12. The molecular weight excluding hydrogens is 222 g/mol. The van der Waals surface area contributed by atoms with E-state index in [1.165, 1.54) is 0 Å². The Morgan fingerprint density at radius 3 is 2.27 bits per heavy atom. The maximum absolute atomic E-state index is 13.4. The van der Waals surface area contributed by atoms with Gasteiger partial charge in [-0.3, -0.25) is 0 Å². The fraction of sp³-hybridized carbons (Fsp3) is 0.400. The molecule has 0 heterocycles. The highest BCUT2D eigenvalue weighted by Gasteiger charge is 2.17. The lowest BCUT2D eigenvalue weighted by atomic mass is 10.0. The van der Waals surface area contributed by atoms with Crippen molar-refractivity contribution >= 4 is 11.6 Å². The fourth-order valence-electron chi connectivity index (χ4n) is 1.39. The summed E-state index contributed by atoms with van der Waals surface area (Å²) in [5, 5.41) is 0.0276. The SMILES string of the molecule is NCCC[C@@H](N)c1c(F)cc(Cl)cc1F. The van der Waals surface area contributed by atoms with Crippen molar-refractivity contribution in [3.63, 3.8) is 0 Å². The van der Waals surface area contributed by atoms with Crippen molar-refractivity contribution in [1.82, 2.24) is 0 Å². The van der Waals surface area contributed by atoms with Crippen molar-refractivity contribution in [2.24, 2.45) is 11.5 Å². The highest BCUT2D eigenvalue weighted by molar-refractivity contribution is 6.30. The van der Waals surface area contributed by atoms with Gasteiger partial charge in [0.25, 0.3) is 0 Å². The fourth-order valence-corrected chi connectivity index (χ4v) is 1.58. The molecule has 0 unspecified atom stereocenters. The largest absolute Gasteiger partial charge is 0.330 e. The van der Waals surface area contributed by atoms with E-state index >= 15 is 0 Å². The molecule has 1 aromatic rings. The molecule has 0 spiro atoms. The topological polar surface area (TPSA) is 52.0 Å². The molecule has 0 amide bonds. The van der Waals surface area contributed by atoms with E-state index in [1.54, 1.807) is 0 Å². The van der Waals surface area contributed by atoms with Gasteiger partial charge in [-0.2, -0.15) is 0 Å². The zero-order valence-corrected chi connectivity index (χ0v) is 8.90. The molecule has 0 bridgehead atoms. The second kappa shape index (κ2) is 5.39. The zero-order chi connectivity index (χ0) is 11.4. The van der Waals surface area contributed by atoms with Gasteiger partial charge in [0.15, 0.2) is 0 Å². The predicted molar refractivity (Wildman–Crippen MR) is 56.6 cm³/mol. The Balaban J connectivity index is 2.92.